The van der Waals surface area contributed by atoms with Crippen LogP contribution < -0.4 is 25.8 Å². The number of hydrogen-bond donors (Lipinski definition) is 2. The zero-order valence-corrected chi connectivity index (χ0v) is 13.6. The molecule has 4 N–H and O–H groups in total. The lowest BCUT2D eigenvalue weighted by molar-refractivity contribution is 0.305. The zero-order chi connectivity index (χ0) is 16.4. The van der Waals surface area contributed by atoms with Crippen molar-refractivity contribution >= 4 is 17.6 Å². The smallest absolute Gasteiger partial charge is 0.220 e. The van der Waals surface area contributed by atoms with Gasteiger partial charge in [0.05, 0.1) is 19.9 Å². The second kappa shape index (κ2) is 5.98. The Morgan fingerprint density at radius 3 is 2.17 bits per heavy atom. The van der Waals surface area contributed by atoms with Crippen molar-refractivity contribution in [1.82, 2.24) is 0 Å². The van der Waals surface area contributed by atoms with E-state index in [1.54, 1.807) is 14.2 Å². The van der Waals surface area contributed by atoms with Crippen LogP contribution in [0.25, 0.3) is 0 Å². The van der Waals surface area contributed by atoms with Crippen molar-refractivity contribution in [3.8, 4) is 11.5 Å². The molecule has 1 aromatic carbocycles. The highest BCUT2D eigenvalue weighted by Crippen LogP contribution is 2.41. The van der Waals surface area contributed by atoms with E-state index in [9.17, 15) is 0 Å². The summed E-state index contributed by atoms with van der Waals surface area (Å²) in [6.07, 6.45) is 5.15. The fourth-order valence-corrected chi connectivity index (χ4v) is 3.42. The number of methoxy groups -OCH3 is 2. The standard InChI is InChI=1S/C16H23N5O2/c1-22-12-8-11(9-13(10-12)23-2)21-15(18)19-14(17)20-16(21)6-4-3-5-7-16/h8-10H,3-7H2,1-2H3,(H4,17,18,19,20). The van der Waals surface area contributed by atoms with Crippen LogP contribution in [0.5, 0.6) is 11.5 Å². The first-order chi connectivity index (χ1) is 11.1. The highest BCUT2D eigenvalue weighted by atomic mass is 16.5. The van der Waals surface area contributed by atoms with E-state index in [0.29, 0.717) is 17.5 Å². The van der Waals surface area contributed by atoms with Gasteiger partial charge in [0.2, 0.25) is 11.9 Å². The van der Waals surface area contributed by atoms with E-state index in [2.05, 4.69) is 9.98 Å². The third-order valence-corrected chi connectivity index (χ3v) is 4.45. The van der Waals surface area contributed by atoms with Crippen molar-refractivity contribution in [2.75, 3.05) is 19.1 Å². The van der Waals surface area contributed by atoms with Crippen LogP contribution in [-0.4, -0.2) is 31.8 Å². The maximum atomic E-state index is 6.22. The average molecular weight is 317 g/mol. The van der Waals surface area contributed by atoms with Crippen LogP contribution in [0.1, 0.15) is 32.1 Å². The Kier molecular flexibility index (Phi) is 4.02. The first kappa shape index (κ1) is 15.5. The van der Waals surface area contributed by atoms with Crippen LogP contribution >= 0.6 is 0 Å². The van der Waals surface area contributed by atoms with Gasteiger partial charge in [0.1, 0.15) is 17.2 Å². The van der Waals surface area contributed by atoms with Gasteiger partial charge in [-0.1, -0.05) is 6.42 Å². The molecule has 1 spiro atoms. The van der Waals surface area contributed by atoms with Crippen molar-refractivity contribution < 1.29 is 9.47 Å². The van der Waals surface area contributed by atoms with Crippen LogP contribution in [0.3, 0.4) is 0 Å². The van der Waals surface area contributed by atoms with Gasteiger partial charge in [-0.15, -0.1) is 0 Å². The predicted molar refractivity (Wildman–Crippen MR) is 91.1 cm³/mol. The van der Waals surface area contributed by atoms with Gasteiger partial charge in [0.25, 0.3) is 0 Å². The maximum absolute atomic E-state index is 6.22. The molecule has 1 aliphatic carbocycles. The number of ether oxygens (including phenoxy) is 2. The third-order valence-electron chi connectivity index (χ3n) is 4.45. The van der Waals surface area contributed by atoms with Gasteiger partial charge in [0.15, 0.2) is 0 Å². The first-order valence-corrected chi connectivity index (χ1v) is 7.81. The Labute approximate surface area is 136 Å². The molecule has 1 aromatic rings. The Hall–Kier alpha value is -2.44. The highest BCUT2D eigenvalue weighted by molar-refractivity contribution is 6.05. The number of rotatable bonds is 3. The van der Waals surface area contributed by atoms with E-state index in [0.717, 1.165) is 31.4 Å². The second-order valence-corrected chi connectivity index (χ2v) is 5.89. The minimum absolute atomic E-state index is 0.246. The molecule has 1 aliphatic heterocycles. The number of hydrogen-bond acceptors (Lipinski definition) is 7. The second-order valence-electron chi connectivity index (χ2n) is 5.89. The molecule has 0 radical (unpaired) electrons. The molecule has 0 unspecified atom stereocenters. The molecule has 7 heteroatoms. The molecule has 23 heavy (non-hydrogen) atoms. The van der Waals surface area contributed by atoms with Gasteiger partial charge < -0.3 is 20.9 Å². The number of anilines is 1. The van der Waals surface area contributed by atoms with Gasteiger partial charge in [-0.2, -0.15) is 4.99 Å². The lowest BCUT2D eigenvalue weighted by Gasteiger charge is -2.45. The SMILES string of the molecule is COc1cc(OC)cc(N2C(N)=NC(N)=NC23CCCCC3)c1. The molecule has 7 nitrogen and oxygen atoms in total. The summed E-state index contributed by atoms with van der Waals surface area (Å²) in [5, 5.41) is 0. The number of nitrogens with zero attached hydrogens (tertiary/aromatic N) is 3. The lowest BCUT2D eigenvalue weighted by Crippen LogP contribution is -2.58. The first-order valence-electron chi connectivity index (χ1n) is 7.81. The molecule has 0 bridgehead atoms. The molecule has 0 amide bonds. The summed E-state index contributed by atoms with van der Waals surface area (Å²) in [4.78, 5) is 10.8. The number of benzene rings is 1. The Morgan fingerprint density at radius 1 is 1.00 bits per heavy atom. The zero-order valence-electron chi connectivity index (χ0n) is 13.6. The van der Waals surface area contributed by atoms with Gasteiger partial charge in [-0.25, -0.2) is 4.99 Å². The topological polar surface area (TPSA) is 98.5 Å². The Bertz CT molecular complexity index is 628. The lowest BCUT2D eigenvalue weighted by atomic mass is 9.87. The van der Waals surface area contributed by atoms with Gasteiger partial charge in [0, 0.05) is 18.2 Å². The highest BCUT2D eigenvalue weighted by Gasteiger charge is 2.42. The summed E-state index contributed by atoms with van der Waals surface area (Å²) in [6, 6.07) is 5.66. The van der Waals surface area contributed by atoms with Crippen molar-refractivity contribution in [2.45, 2.75) is 37.8 Å². The average Bonchev–Trinajstić information content (AvgIpc) is 2.54. The van der Waals surface area contributed by atoms with Crippen LogP contribution in [0.15, 0.2) is 28.2 Å². The fraction of sp³-hybridized carbons (Fsp3) is 0.500. The molecule has 1 heterocycles. The molecular weight excluding hydrogens is 294 g/mol. The van der Waals surface area contributed by atoms with E-state index in [1.165, 1.54) is 6.42 Å². The monoisotopic (exact) mass is 317 g/mol. The molecule has 3 rings (SSSR count). The summed E-state index contributed by atoms with van der Waals surface area (Å²) in [5.74, 6) is 1.99. The fourth-order valence-electron chi connectivity index (χ4n) is 3.42. The molecule has 124 valence electrons. The van der Waals surface area contributed by atoms with Gasteiger partial charge >= 0.3 is 0 Å². The number of guanidine groups is 2. The van der Waals surface area contributed by atoms with E-state index in [1.807, 2.05) is 23.1 Å². The van der Waals surface area contributed by atoms with E-state index in [4.69, 9.17) is 20.9 Å². The molecule has 1 saturated carbocycles. The maximum Gasteiger partial charge on any atom is 0.220 e. The molecule has 0 saturated heterocycles. The van der Waals surface area contributed by atoms with Crippen LogP contribution in [0.2, 0.25) is 0 Å². The summed E-state index contributed by atoms with van der Waals surface area (Å²) < 4.78 is 10.7. The van der Waals surface area contributed by atoms with Crippen molar-refractivity contribution in [1.29, 1.82) is 0 Å². The van der Waals surface area contributed by atoms with E-state index in [-0.39, 0.29) is 5.96 Å². The van der Waals surface area contributed by atoms with Crippen molar-refractivity contribution in [3.63, 3.8) is 0 Å². The Balaban J connectivity index is 2.10. The van der Waals surface area contributed by atoms with Crippen LogP contribution in [0.4, 0.5) is 5.69 Å². The molecule has 2 aliphatic rings. The summed E-state index contributed by atoms with van der Waals surface area (Å²) >= 11 is 0. The number of nitrogens with two attached hydrogens (primary N) is 2. The van der Waals surface area contributed by atoms with Crippen LogP contribution in [-0.2, 0) is 0 Å². The summed E-state index contributed by atoms with van der Waals surface area (Å²) in [7, 11) is 3.25. The van der Waals surface area contributed by atoms with E-state index >= 15 is 0 Å². The minimum atomic E-state index is -0.467. The van der Waals surface area contributed by atoms with Crippen molar-refractivity contribution in [2.24, 2.45) is 21.5 Å². The largest absolute Gasteiger partial charge is 0.497 e. The third kappa shape index (κ3) is 2.78. The molecule has 1 fully saturated rings. The number of aliphatic imine (C=N–C) groups is 2. The quantitative estimate of drug-likeness (QED) is 0.886. The van der Waals surface area contributed by atoms with E-state index < -0.39 is 5.66 Å². The van der Waals surface area contributed by atoms with Crippen molar-refractivity contribution in [3.05, 3.63) is 18.2 Å². The molecular formula is C16H23N5O2. The molecule has 0 aromatic heterocycles. The summed E-state index contributed by atoms with van der Waals surface area (Å²) in [6.45, 7) is 0. The van der Waals surface area contributed by atoms with Crippen LogP contribution in [0, 0.1) is 0 Å². The molecule has 0 atom stereocenters. The normalized spacial score (nSPS) is 20.0. The Morgan fingerprint density at radius 2 is 1.61 bits per heavy atom. The van der Waals surface area contributed by atoms with Gasteiger partial charge in [-0.3, -0.25) is 4.90 Å². The van der Waals surface area contributed by atoms with Gasteiger partial charge in [-0.05, 0) is 25.7 Å². The predicted octanol–water partition coefficient (Wildman–Crippen LogP) is 1.81. The minimum Gasteiger partial charge on any atom is -0.497 e. The summed E-state index contributed by atoms with van der Waals surface area (Å²) in [5.41, 5.74) is 12.5.